The van der Waals surface area contributed by atoms with Gasteiger partial charge in [-0.1, -0.05) is 0 Å². The molecule has 0 aromatic rings. The molecule has 0 heterocycles. The molecular weight excluding hydrogens is 240 g/mol. The quantitative estimate of drug-likeness (QED) is 0.418. The molecule has 0 unspecified atom stereocenters. The predicted octanol–water partition coefficient (Wildman–Crippen LogP) is 1.04. The molecule has 1 saturated carbocycles. The van der Waals surface area contributed by atoms with Crippen molar-refractivity contribution >= 4 is 11.9 Å². The van der Waals surface area contributed by atoms with E-state index in [2.05, 4.69) is 0 Å². The number of hydrogen-bond acceptors (Lipinski definition) is 5. The Bertz CT molecular complexity index is 270. The zero-order valence-corrected chi connectivity index (χ0v) is 10.6. The van der Waals surface area contributed by atoms with Crippen molar-refractivity contribution in [2.75, 3.05) is 27.1 Å². The van der Waals surface area contributed by atoms with Crippen molar-refractivity contribution in [1.82, 2.24) is 0 Å². The fraction of sp³-hybridized carbons (Fsp3) is 0.833. The lowest BCUT2D eigenvalue weighted by atomic mass is 9.82. The molecule has 0 atom stereocenters. The summed E-state index contributed by atoms with van der Waals surface area (Å²) in [7, 11) is 1.57. The third-order valence-corrected chi connectivity index (χ3v) is 3.13. The fourth-order valence-corrected chi connectivity index (χ4v) is 1.99. The fourth-order valence-electron chi connectivity index (χ4n) is 1.99. The summed E-state index contributed by atoms with van der Waals surface area (Å²) in [5, 5.41) is 8.84. The zero-order valence-electron chi connectivity index (χ0n) is 10.6. The van der Waals surface area contributed by atoms with Crippen LogP contribution in [0.5, 0.6) is 0 Å². The van der Waals surface area contributed by atoms with Gasteiger partial charge in [0.1, 0.15) is 0 Å². The van der Waals surface area contributed by atoms with Crippen molar-refractivity contribution in [1.29, 1.82) is 0 Å². The molecule has 1 N–H and O–H groups in total. The monoisotopic (exact) mass is 260 g/mol. The summed E-state index contributed by atoms with van der Waals surface area (Å²) in [4.78, 5) is 22.4. The molecule has 0 spiro atoms. The molecule has 0 amide bonds. The van der Waals surface area contributed by atoms with Crippen LogP contribution in [0.4, 0.5) is 0 Å². The average molecular weight is 260 g/mol. The summed E-state index contributed by atoms with van der Waals surface area (Å²) in [6, 6.07) is 0. The first-order valence-electron chi connectivity index (χ1n) is 6.11. The Morgan fingerprint density at radius 2 is 1.72 bits per heavy atom. The summed E-state index contributed by atoms with van der Waals surface area (Å²) < 4.78 is 14.8. The van der Waals surface area contributed by atoms with E-state index in [0.29, 0.717) is 38.9 Å². The molecule has 0 aliphatic heterocycles. The van der Waals surface area contributed by atoms with Gasteiger partial charge in [-0.3, -0.25) is 9.59 Å². The largest absolute Gasteiger partial charge is 0.481 e. The second-order valence-corrected chi connectivity index (χ2v) is 4.37. The Balaban J connectivity index is 2.14. The molecule has 104 valence electrons. The van der Waals surface area contributed by atoms with Crippen LogP contribution in [0.15, 0.2) is 0 Å². The van der Waals surface area contributed by atoms with E-state index in [9.17, 15) is 9.59 Å². The van der Waals surface area contributed by atoms with E-state index >= 15 is 0 Å². The minimum atomic E-state index is -0.773. The van der Waals surface area contributed by atoms with Crippen LogP contribution in [-0.4, -0.2) is 44.2 Å². The maximum absolute atomic E-state index is 11.6. The Morgan fingerprint density at radius 3 is 2.28 bits per heavy atom. The maximum Gasteiger partial charge on any atom is 0.311 e. The first kappa shape index (κ1) is 14.9. The van der Waals surface area contributed by atoms with Crippen molar-refractivity contribution in [3.8, 4) is 0 Å². The molecule has 1 aliphatic rings. The molecule has 1 aliphatic carbocycles. The van der Waals surface area contributed by atoms with Crippen molar-refractivity contribution in [3.63, 3.8) is 0 Å². The highest BCUT2D eigenvalue weighted by atomic mass is 16.7. The van der Waals surface area contributed by atoms with E-state index in [0.717, 1.165) is 0 Å². The number of rotatable bonds is 7. The van der Waals surface area contributed by atoms with Crippen LogP contribution >= 0.6 is 0 Å². The van der Waals surface area contributed by atoms with Crippen LogP contribution in [0.2, 0.25) is 0 Å². The molecule has 1 rings (SSSR count). The molecule has 6 nitrogen and oxygen atoms in total. The molecule has 0 saturated heterocycles. The summed E-state index contributed by atoms with van der Waals surface area (Å²) in [6.45, 7) is 0.776. The molecule has 18 heavy (non-hydrogen) atoms. The summed E-state index contributed by atoms with van der Waals surface area (Å²) >= 11 is 0. The first-order valence-corrected chi connectivity index (χ1v) is 6.11. The summed E-state index contributed by atoms with van der Waals surface area (Å²) in [5.41, 5.74) is 0. The van der Waals surface area contributed by atoms with Crippen LogP contribution in [0.25, 0.3) is 0 Å². The minimum absolute atomic E-state index is 0.0684. The van der Waals surface area contributed by atoms with E-state index in [1.807, 2.05) is 0 Å². The van der Waals surface area contributed by atoms with Crippen molar-refractivity contribution in [2.24, 2.45) is 11.8 Å². The van der Waals surface area contributed by atoms with Gasteiger partial charge in [-0.2, -0.15) is 0 Å². The van der Waals surface area contributed by atoms with Crippen molar-refractivity contribution < 1.29 is 28.9 Å². The first-order chi connectivity index (χ1) is 8.65. The highest BCUT2D eigenvalue weighted by molar-refractivity contribution is 5.74. The highest BCUT2D eigenvalue weighted by Gasteiger charge is 2.30. The molecule has 0 bridgehead atoms. The van der Waals surface area contributed by atoms with Gasteiger partial charge in [-0.05, 0) is 25.7 Å². The molecule has 1 fully saturated rings. The van der Waals surface area contributed by atoms with Crippen LogP contribution in [-0.2, 0) is 23.8 Å². The number of carbonyl (C=O) groups excluding carboxylic acids is 1. The van der Waals surface area contributed by atoms with Gasteiger partial charge < -0.3 is 19.3 Å². The van der Waals surface area contributed by atoms with E-state index in [-0.39, 0.29) is 24.6 Å². The molecule has 0 aromatic heterocycles. The van der Waals surface area contributed by atoms with Gasteiger partial charge in [0.15, 0.2) is 6.79 Å². The van der Waals surface area contributed by atoms with Gasteiger partial charge in [0.2, 0.25) is 0 Å². The normalized spacial score (nSPS) is 23.6. The number of carboxylic acid groups (broad SMARTS) is 1. The Kier molecular flexibility index (Phi) is 6.67. The Morgan fingerprint density at radius 1 is 1.11 bits per heavy atom. The number of aliphatic carboxylic acids is 1. The molecule has 6 heteroatoms. The number of ether oxygens (including phenoxy) is 3. The lowest BCUT2D eigenvalue weighted by Gasteiger charge is -2.24. The van der Waals surface area contributed by atoms with Crippen molar-refractivity contribution in [2.45, 2.75) is 25.7 Å². The lowest BCUT2D eigenvalue weighted by Crippen LogP contribution is -2.27. The minimum Gasteiger partial charge on any atom is -0.481 e. The topological polar surface area (TPSA) is 82.1 Å². The van der Waals surface area contributed by atoms with E-state index in [1.54, 1.807) is 7.11 Å². The lowest BCUT2D eigenvalue weighted by molar-refractivity contribution is -0.164. The smallest absolute Gasteiger partial charge is 0.311 e. The summed E-state index contributed by atoms with van der Waals surface area (Å²) in [5.74, 6) is -1.57. The average Bonchev–Trinajstić information content (AvgIpc) is 2.38. The number of carbonyl (C=O) groups is 2. The second-order valence-electron chi connectivity index (χ2n) is 4.37. The number of carboxylic acids is 1. The van der Waals surface area contributed by atoms with Crippen LogP contribution in [0, 0.1) is 11.8 Å². The van der Waals surface area contributed by atoms with Gasteiger partial charge in [0.05, 0.1) is 25.0 Å². The van der Waals surface area contributed by atoms with Crippen LogP contribution < -0.4 is 0 Å². The third kappa shape index (κ3) is 5.01. The van der Waals surface area contributed by atoms with Crippen LogP contribution in [0.3, 0.4) is 0 Å². The SMILES string of the molecule is COCCOCOC(=O)C1CCC(C(=O)O)CC1. The van der Waals surface area contributed by atoms with E-state index in [4.69, 9.17) is 19.3 Å². The molecule has 0 radical (unpaired) electrons. The predicted molar refractivity (Wildman–Crippen MR) is 61.9 cm³/mol. The van der Waals surface area contributed by atoms with Crippen molar-refractivity contribution in [3.05, 3.63) is 0 Å². The number of methoxy groups -OCH3 is 1. The van der Waals surface area contributed by atoms with Crippen LogP contribution in [0.1, 0.15) is 25.7 Å². The second kappa shape index (κ2) is 8.05. The molecular formula is C12H20O6. The van der Waals surface area contributed by atoms with E-state index < -0.39 is 5.97 Å². The summed E-state index contributed by atoms with van der Waals surface area (Å²) in [6.07, 6.45) is 2.24. The van der Waals surface area contributed by atoms with Gasteiger partial charge in [-0.15, -0.1) is 0 Å². The number of esters is 1. The molecule has 0 aromatic carbocycles. The Hall–Kier alpha value is -1.14. The van der Waals surface area contributed by atoms with Gasteiger partial charge in [0.25, 0.3) is 0 Å². The Labute approximate surface area is 106 Å². The van der Waals surface area contributed by atoms with Gasteiger partial charge in [0, 0.05) is 7.11 Å². The standard InChI is InChI=1S/C12H20O6/c1-16-6-7-17-8-18-12(15)10-4-2-9(3-5-10)11(13)14/h9-10H,2-8H2,1H3,(H,13,14). The van der Waals surface area contributed by atoms with Gasteiger partial charge in [-0.25, -0.2) is 0 Å². The van der Waals surface area contributed by atoms with E-state index in [1.165, 1.54) is 0 Å². The number of hydrogen-bond donors (Lipinski definition) is 1. The third-order valence-electron chi connectivity index (χ3n) is 3.13. The maximum atomic E-state index is 11.6. The van der Waals surface area contributed by atoms with Gasteiger partial charge >= 0.3 is 11.9 Å². The highest BCUT2D eigenvalue weighted by Crippen LogP contribution is 2.29. The zero-order chi connectivity index (χ0) is 13.4.